The first-order chi connectivity index (χ1) is 15.5. The van der Waals surface area contributed by atoms with Crippen molar-refractivity contribution in [2.45, 2.75) is 11.8 Å². The highest BCUT2D eigenvalue weighted by molar-refractivity contribution is 8.32. The van der Waals surface area contributed by atoms with E-state index in [1.165, 1.54) is 37.4 Å². The molecule has 0 atom stereocenters. The molecule has 0 saturated heterocycles. The number of ether oxygens (including phenoxy) is 1. The van der Waals surface area contributed by atoms with E-state index in [2.05, 4.69) is 39.7 Å². The Morgan fingerprint density at radius 2 is 1.55 bits per heavy atom. The number of anilines is 3. The van der Waals surface area contributed by atoms with Gasteiger partial charge in [0.2, 0.25) is 5.91 Å². The lowest BCUT2D eigenvalue weighted by Gasteiger charge is -2.26. The van der Waals surface area contributed by atoms with Crippen LogP contribution < -0.4 is 20.7 Å². The van der Waals surface area contributed by atoms with Crippen LogP contribution in [-0.2, 0) is 4.79 Å². The van der Waals surface area contributed by atoms with Gasteiger partial charge in [-0.05, 0) is 60.1 Å². The maximum Gasteiger partial charge on any atom is 0.323 e. The van der Waals surface area contributed by atoms with Crippen LogP contribution >= 0.6 is 10.0 Å². The van der Waals surface area contributed by atoms with E-state index in [4.69, 9.17) is 4.74 Å². The van der Waals surface area contributed by atoms with Crippen molar-refractivity contribution in [2.75, 3.05) is 34.7 Å². The van der Waals surface area contributed by atoms with Crippen molar-refractivity contribution in [2.24, 2.45) is 0 Å². The summed E-state index contributed by atoms with van der Waals surface area (Å²) in [6.07, 6.45) is 7.59. The quantitative estimate of drug-likeness (QED) is 0.421. The van der Waals surface area contributed by atoms with Gasteiger partial charge in [-0.15, -0.1) is 0 Å². The van der Waals surface area contributed by atoms with Gasteiger partial charge in [0, 0.05) is 25.3 Å². The van der Waals surface area contributed by atoms with Crippen molar-refractivity contribution < 1.29 is 23.1 Å². The number of pyridine rings is 1. The fourth-order valence-electron chi connectivity index (χ4n) is 2.78. The molecule has 1 heterocycles. The molecule has 0 unspecified atom stereocenters. The van der Waals surface area contributed by atoms with Gasteiger partial charge in [-0.25, -0.2) is 28.6 Å². The molecule has 7 nitrogen and oxygen atoms in total. The number of carbonyl (C=O) groups excluding carboxylic acids is 2. The van der Waals surface area contributed by atoms with Crippen LogP contribution in [0.1, 0.15) is 6.92 Å². The summed E-state index contributed by atoms with van der Waals surface area (Å²) in [6, 6.07) is 10.7. The highest BCUT2D eigenvalue weighted by atomic mass is 32.3. The summed E-state index contributed by atoms with van der Waals surface area (Å²) < 4.78 is 34.3. The van der Waals surface area contributed by atoms with E-state index < -0.39 is 27.7 Å². The summed E-state index contributed by atoms with van der Waals surface area (Å²) in [4.78, 5) is 28.4. The maximum absolute atomic E-state index is 14.5. The van der Waals surface area contributed by atoms with Crippen molar-refractivity contribution in [1.82, 2.24) is 4.98 Å². The zero-order chi connectivity index (χ0) is 24.2. The number of nitrogens with zero attached hydrogens (tertiary/aromatic N) is 1. The summed E-state index contributed by atoms with van der Waals surface area (Å²) in [6.45, 7) is 1.35. The fourth-order valence-corrected chi connectivity index (χ4v) is 3.72. The Labute approximate surface area is 191 Å². The predicted molar refractivity (Wildman–Crippen MR) is 128 cm³/mol. The summed E-state index contributed by atoms with van der Waals surface area (Å²) in [5, 5.41) is 7.32. The molecular weight excluding hydrogens is 450 g/mol. The molecule has 2 aromatic carbocycles. The molecule has 0 radical (unpaired) electrons. The maximum atomic E-state index is 14.5. The molecule has 3 rings (SSSR count). The normalized spacial score (nSPS) is 11.5. The number of amides is 3. The van der Waals surface area contributed by atoms with Crippen molar-refractivity contribution in [3.05, 3.63) is 66.4 Å². The minimum absolute atomic E-state index is 0.0143. The number of rotatable bonds is 6. The van der Waals surface area contributed by atoms with Crippen LogP contribution in [0.3, 0.4) is 0 Å². The van der Waals surface area contributed by atoms with Crippen LogP contribution in [0, 0.1) is 11.6 Å². The second kappa shape index (κ2) is 9.86. The van der Waals surface area contributed by atoms with Gasteiger partial charge in [-0.1, -0.05) is 0 Å². The van der Waals surface area contributed by atoms with Gasteiger partial charge in [0.05, 0.1) is 11.4 Å². The number of urea groups is 1. The van der Waals surface area contributed by atoms with Gasteiger partial charge >= 0.3 is 6.03 Å². The van der Waals surface area contributed by atoms with Gasteiger partial charge in [-0.2, -0.15) is 0 Å². The molecule has 3 amide bonds. The van der Waals surface area contributed by atoms with Crippen LogP contribution in [0.2, 0.25) is 0 Å². The van der Waals surface area contributed by atoms with E-state index in [9.17, 15) is 18.4 Å². The molecule has 0 fully saturated rings. The van der Waals surface area contributed by atoms with Crippen molar-refractivity contribution in [3.63, 3.8) is 0 Å². The van der Waals surface area contributed by atoms with Crippen molar-refractivity contribution >= 4 is 39.2 Å². The zero-order valence-electron chi connectivity index (χ0n) is 18.5. The number of hydrogen-bond acceptors (Lipinski definition) is 4. The largest absolute Gasteiger partial charge is 0.457 e. The first-order valence-corrected chi connectivity index (χ1v) is 12.6. The van der Waals surface area contributed by atoms with Crippen LogP contribution in [-0.4, -0.2) is 35.7 Å². The van der Waals surface area contributed by atoms with Crippen molar-refractivity contribution in [1.29, 1.82) is 0 Å². The lowest BCUT2D eigenvalue weighted by molar-refractivity contribution is -0.114. The molecule has 0 saturated carbocycles. The Morgan fingerprint density at radius 1 is 0.848 bits per heavy atom. The number of hydrogen-bond donors (Lipinski definition) is 3. The van der Waals surface area contributed by atoms with Crippen LogP contribution in [0.15, 0.2) is 59.6 Å². The summed E-state index contributed by atoms with van der Waals surface area (Å²) >= 11 is 0. The predicted octanol–water partition coefficient (Wildman–Crippen LogP) is 5.81. The lowest BCUT2D eigenvalue weighted by atomic mass is 10.3. The van der Waals surface area contributed by atoms with Crippen molar-refractivity contribution in [3.8, 4) is 11.5 Å². The molecule has 3 aromatic rings. The van der Waals surface area contributed by atoms with Crippen LogP contribution in [0.5, 0.6) is 11.5 Å². The molecule has 0 spiro atoms. The minimum atomic E-state index is -1.12. The van der Waals surface area contributed by atoms with Gasteiger partial charge in [0.1, 0.15) is 29.0 Å². The second-order valence-corrected chi connectivity index (χ2v) is 12.0. The molecule has 0 aliphatic carbocycles. The Kier molecular flexibility index (Phi) is 7.17. The molecule has 3 N–H and O–H groups in total. The van der Waals surface area contributed by atoms with Crippen LogP contribution in [0.25, 0.3) is 0 Å². The third kappa shape index (κ3) is 6.66. The molecule has 0 aliphatic rings. The van der Waals surface area contributed by atoms with Gasteiger partial charge in [-0.3, -0.25) is 4.79 Å². The highest BCUT2D eigenvalue weighted by Crippen LogP contribution is 2.46. The van der Waals surface area contributed by atoms with E-state index in [0.29, 0.717) is 11.6 Å². The molecule has 0 aliphatic heterocycles. The number of nitrogens with one attached hydrogen (secondary N) is 3. The average molecular weight is 475 g/mol. The smallest absolute Gasteiger partial charge is 0.323 e. The average Bonchev–Trinajstić information content (AvgIpc) is 2.70. The Bertz CT molecular complexity index is 1200. The van der Waals surface area contributed by atoms with Gasteiger partial charge in [0.15, 0.2) is 0 Å². The third-order valence-corrected chi connectivity index (χ3v) is 6.02. The number of aromatic nitrogens is 1. The minimum Gasteiger partial charge on any atom is -0.457 e. The molecule has 174 valence electrons. The molecule has 1 aromatic heterocycles. The topological polar surface area (TPSA) is 92.4 Å². The SMILES string of the molecule is CC(=O)Nc1cc(Oc2ccc(NC(=O)Nc3cc(S(C)(C)C)ccc3F)c(F)c2)ccn1. The standard InChI is InChI=1S/C23H24F2N4O3S/c1-14(30)27-22-12-16(9-10-26-22)32-15-5-8-20(19(25)11-15)28-23(31)29-21-13-17(33(2,3)4)6-7-18(21)24/h5-13H,1-4H3,(H,26,27,30)(H2,28,29,31). The molecule has 0 bridgehead atoms. The zero-order valence-corrected chi connectivity index (χ0v) is 19.3. The lowest BCUT2D eigenvalue weighted by Crippen LogP contribution is -2.21. The van der Waals surface area contributed by atoms with Gasteiger partial charge in [0.25, 0.3) is 0 Å². The monoisotopic (exact) mass is 474 g/mol. The molecule has 10 heteroatoms. The first-order valence-electron chi connectivity index (χ1n) is 9.78. The van der Waals surface area contributed by atoms with Crippen LogP contribution in [0.4, 0.5) is 30.8 Å². The van der Waals surface area contributed by atoms with E-state index in [1.807, 2.05) is 0 Å². The second-order valence-electron chi connectivity index (χ2n) is 7.86. The summed E-state index contributed by atoms with van der Waals surface area (Å²) in [7, 11) is -1.12. The molecular formula is C23H24F2N4O3S. The number of halogens is 2. The van der Waals surface area contributed by atoms with E-state index in [0.717, 1.165) is 11.0 Å². The highest BCUT2D eigenvalue weighted by Gasteiger charge is 2.15. The van der Waals surface area contributed by atoms with Gasteiger partial charge < -0.3 is 20.7 Å². The molecule has 33 heavy (non-hydrogen) atoms. The summed E-state index contributed by atoms with van der Waals surface area (Å²) in [5.41, 5.74) is -0.0908. The van der Waals surface area contributed by atoms with E-state index in [-0.39, 0.29) is 23.0 Å². The Hall–Kier alpha value is -3.66. The summed E-state index contributed by atoms with van der Waals surface area (Å²) in [5.74, 6) is -0.816. The Morgan fingerprint density at radius 3 is 2.21 bits per heavy atom. The first kappa shape index (κ1) is 24.0. The third-order valence-electron chi connectivity index (χ3n) is 4.35. The van der Waals surface area contributed by atoms with E-state index >= 15 is 0 Å². The number of benzene rings is 2. The number of carbonyl (C=O) groups is 2. The fraction of sp³-hybridized carbons (Fsp3) is 0.174. The van der Waals surface area contributed by atoms with E-state index in [1.54, 1.807) is 18.2 Å². The Balaban J connectivity index is 1.68.